The van der Waals surface area contributed by atoms with Gasteiger partial charge in [-0.05, 0) is 64.2 Å². The van der Waals surface area contributed by atoms with E-state index in [1.165, 1.54) is 0 Å². The fourth-order valence-corrected chi connectivity index (χ4v) is 7.91. The first kappa shape index (κ1) is 99.5. The summed E-state index contributed by atoms with van der Waals surface area (Å²) in [5, 5.41) is 15.1. The van der Waals surface area contributed by atoms with Gasteiger partial charge in [-0.25, -0.2) is 0 Å². The van der Waals surface area contributed by atoms with Crippen LogP contribution in [0.2, 0.25) is 0 Å². The number of aliphatic hydroxyl groups is 1. The van der Waals surface area contributed by atoms with E-state index >= 15 is 0 Å². The second-order valence-electron chi connectivity index (χ2n) is 21.8. The van der Waals surface area contributed by atoms with E-state index in [1.54, 1.807) is 0 Å². The first-order chi connectivity index (χ1) is 49.1. The molecule has 0 bridgehead atoms. The highest BCUT2D eigenvalue weighted by Gasteiger charge is 2.10. The second-order valence-corrected chi connectivity index (χ2v) is 21.8. The number of carbonyl (C=O) groups is 5. The molecule has 0 aromatic heterocycles. The smallest absolute Gasteiger partial charge is 0.306 e. The standard InChI is InChI=1S/C56H101N3O16.C13H24O5.C4H13N3/c1-5-9-13-17-21-53(60)72-49-45-68-41-37-64-33-29-58(30-34-65-38-42-69-46-50-73-54(61)22-18-14-10-6-2)27-25-57-26-28-59(31-35-66-39-43-70-47-51-74-55(62)23-19-15-11-7-3)32-36-67-40-44-71-48-52-75-56(63)24-20-16-12-8-4;1-2-3-4-5-6-13(15)18-12-11-17-10-9-16-8-7-14;5-1-3-7-4-2-6/h9-16,57H,5-8,17-52H2,1-4H3;3-4,14H,2,5-12H2,1H3;7H,1-6H2/b13-9-,14-10-,15-11-,16-12-;4-3-;. The van der Waals surface area contributed by atoms with Crippen molar-refractivity contribution in [3.8, 4) is 0 Å². The number of rotatable bonds is 74. The van der Waals surface area contributed by atoms with Gasteiger partial charge in [-0.1, -0.05) is 95.4 Å². The fraction of sp³-hybridized carbons (Fsp3) is 0.795. The molecule has 0 saturated carbocycles. The monoisotopic (exact) mass is 1430 g/mol. The number of nitrogens with two attached hydrogens (primary N) is 2. The number of aliphatic hydroxyl groups excluding tert-OH is 1. The zero-order valence-corrected chi connectivity index (χ0v) is 62.4. The largest absolute Gasteiger partial charge is 0.463 e. The number of hydrogen-bond donors (Lipinski definition) is 5. The Morgan fingerprint density at radius 1 is 0.280 bits per heavy atom. The van der Waals surface area contributed by atoms with Crippen molar-refractivity contribution < 1.29 is 100 Å². The van der Waals surface area contributed by atoms with Gasteiger partial charge in [0, 0.05) is 111 Å². The highest BCUT2D eigenvalue weighted by Crippen LogP contribution is 2.02. The second kappa shape index (κ2) is 88.6. The van der Waals surface area contributed by atoms with Gasteiger partial charge >= 0.3 is 29.8 Å². The van der Waals surface area contributed by atoms with Gasteiger partial charge in [-0.3, -0.25) is 33.8 Å². The van der Waals surface area contributed by atoms with Crippen molar-refractivity contribution in [2.24, 2.45) is 11.5 Å². The Morgan fingerprint density at radius 2 is 0.480 bits per heavy atom. The first-order valence-corrected chi connectivity index (χ1v) is 36.8. The van der Waals surface area contributed by atoms with Crippen LogP contribution in [-0.2, 0) is 95.0 Å². The van der Waals surface area contributed by atoms with Crippen LogP contribution in [0, 0.1) is 0 Å². The third-order valence-corrected chi connectivity index (χ3v) is 13.2. The Labute approximate surface area is 601 Å². The van der Waals surface area contributed by atoms with Gasteiger partial charge in [-0.15, -0.1) is 0 Å². The van der Waals surface area contributed by atoms with Gasteiger partial charge in [0.25, 0.3) is 0 Å². The van der Waals surface area contributed by atoms with Crippen molar-refractivity contribution in [1.82, 2.24) is 20.4 Å². The van der Waals surface area contributed by atoms with Gasteiger partial charge in [0.1, 0.15) is 33.0 Å². The average molecular weight is 1440 g/mol. The van der Waals surface area contributed by atoms with Crippen LogP contribution in [0.1, 0.15) is 131 Å². The molecule has 100 heavy (non-hydrogen) atoms. The van der Waals surface area contributed by atoms with Crippen molar-refractivity contribution in [3.05, 3.63) is 60.8 Å². The molecule has 27 heteroatoms. The van der Waals surface area contributed by atoms with Crippen LogP contribution in [-0.4, -0.2) is 295 Å². The SMILES string of the molecule is CC/C=C\CCC(=O)OCCOCCOCCN(CCNCCN(CCOCCOCCOC(=O)CC/C=C\CC)CCOCCOCCOC(=O)CC/C=C\CC)CCOCCOCCOC(=O)CC/C=C\CC.CC/C=C\CCC(=O)OCCOCCOCCO.NCCNCCN. The van der Waals surface area contributed by atoms with E-state index in [2.05, 4.69) is 55.1 Å². The predicted octanol–water partition coefficient (Wildman–Crippen LogP) is 6.27. The summed E-state index contributed by atoms with van der Waals surface area (Å²) < 4.78 is 82.0. The van der Waals surface area contributed by atoms with Gasteiger partial charge < -0.3 is 98.3 Å². The zero-order chi connectivity index (χ0) is 73.6. The Kier molecular flexibility index (Phi) is 88.2. The third-order valence-electron chi connectivity index (χ3n) is 13.2. The van der Waals surface area contributed by atoms with Crippen molar-refractivity contribution >= 4 is 29.8 Å². The van der Waals surface area contributed by atoms with Crippen LogP contribution in [0.15, 0.2) is 60.8 Å². The lowest BCUT2D eigenvalue weighted by Crippen LogP contribution is -2.40. The molecule has 0 saturated heterocycles. The summed E-state index contributed by atoms with van der Waals surface area (Å²) in [5.74, 6) is -1.10. The topological polar surface area (TPSA) is 327 Å². The van der Waals surface area contributed by atoms with Gasteiger partial charge in [-0.2, -0.15) is 0 Å². The van der Waals surface area contributed by atoms with Crippen LogP contribution in [0.4, 0.5) is 0 Å². The molecular weight excluding hydrogens is 1300 g/mol. The maximum absolute atomic E-state index is 11.9. The molecule has 0 fully saturated rings. The maximum atomic E-state index is 11.9. The summed E-state index contributed by atoms with van der Waals surface area (Å²) in [5.41, 5.74) is 10.3. The summed E-state index contributed by atoms with van der Waals surface area (Å²) in [7, 11) is 0. The first-order valence-electron chi connectivity index (χ1n) is 36.8. The molecule has 0 atom stereocenters. The molecule has 0 aromatic carbocycles. The molecule has 0 radical (unpaired) electrons. The highest BCUT2D eigenvalue weighted by molar-refractivity contribution is 5.71. The van der Waals surface area contributed by atoms with E-state index in [4.69, 9.17) is 87.6 Å². The minimum atomic E-state index is -0.226. The third kappa shape index (κ3) is 87.6. The van der Waals surface area contributed by atoms with Gasteiger partial charge in [0.05, 0.1) is 139 Å². The number of nitrogens with one attached hydrogen (secondary N) is 2. The van der Waals surface area contributed by atoms with E-state index in [0.717, 1.165) is 77.8 Å². The zero-order valence-electron chi connectivity index (χ0n) is 62.4. The summed E-state index contributed by atoms with van der Waals surface area (Å²) in [6.45, 7) is 28.6. The molecule has 586 valence electrons. The molecule has 0 aromatic rings. The molecule has 0 aliphatic heterocycles. The summed E-state index contributed by atoms with van der Waals surface area (Å²) in [6.07, 6.45) is 30.2. The van der Waals surface area contributed by atoms with Crippen LogP contribution in [0.5, 0.6) is 0 Å². The average Bonchev–Trinajstić information content (AvgIpc) is 3.76. The Bertz CT molecular complexity index is 1710. The minimum Gasteiger partial charge on any atom is -0.463 e. The molecule has 0 rings (SSSR count). The Morgan fingerprint density at radius 3 is 0.690 bits per heavy atom. The lowest BCUT2D eigenvalue weighted by atomic mass is 10.3. The molecule has 0 heterocycles. The molecule has 0 aliphatic rings. The van der Waals surface area contributed by atoms with E-state index in [9.17, 15) is 24.0 Å². The van der Waals surface area contributed by atoms with Crippen LogP contribution < -0.4 is 22.1 Å². The van der Waals surface area contributed by atoms with Crippen LogP contribution in [0.25, 0.3) is 0 Å². The number of nitrogens with zero attached hydrogens (tertiary/aromatic N) is 2. The molecule has 27 nitrogen and oxygen atoms in total. The molecule has 0 aliphatic carbocycles. The summed E-state index contributed by atoms with van der Waals surface area (Å²) in [4.78, 5) is 63.2. The van der Waals surface area contributed by atoms with E-state index in [1.807, 2.05) is 60.8 Å². The maximum Gasteiger partial charge on any atom is 0.306 e. The lowest BCUT2D eigenvalue weighted by molar-refractivity contribution is -0.146. The molecule has 7 N–H and O–H groups in total. The quantitative estimate of drug-likeness (QED) is 0.0194. The van der Waals surface area contributed by atoms with Crippen molar-refractivity contribution in [2.75, 3.05) is 250 Å². The minimum absolute atomic E-state index is 0.0179. The number of hydrogen-bond acceptors (Lipinski definition) is 27. The van der Waals surface area contributed by atoms with Gasteiger partial charge in [0.2, 0.25) is 0 Å². The van der Waals surface area contributed by atoms with E-state index < -0.39 is 0 Å². The summed E-state index contributed by atoms with van der Waals surface area (Å²) in [6, 6.07) is 0. The lowest BCUT2D eigenvalue weighted by Gasteiger charge is -2.24. The number of esters is 5. The highest BCUT2D eigenvalue weighted by atomic mass is 16.6. The normalized spacial score (nSPS) is 11.6. The molecule has 0 spiro atoms. The van der Waals surface area contributed by atoms with Crippen LogP contribution in [0.3, 0.4) is 0 Å². The van der Waals surface area contributed by atoms with Gasteiger partial charge in [0.15, 0.2) is 0 Å². The number of carbonyl (C=O) groups excluding carboxylic acids is 5. The van der Waals surface area contributed by atoms with Crippen LogP contribution >= 0.6 is 0 Å². The Balaban J connectivity index is -0.00000313. The van der Waals surface area contributed by atoms with Crippen molar-refractivity contribution in [2.45, 2.75) is 131 Å². The number of allylic oxidation sites excluding steroid dienone is 10. The molecular formula is C73H138N6O21. The van der Waals surface area contributed by atoms with E-state index in [0.29, 0.717) is 229 Å². The Hall–Kier alpha value is -4.63. The van der Waals surface area contributed by atoms with Crippen molar-refractivity contribution in [1.29, 1.82) is 0 Å². The predicted molar refractivity (Wildman–Crippen MR) is 390 cm³/mol. The van der Waals surface area contributed by atoms with Crippen molar-refractivity contribution in [3.63, 3.8) is 0 Å². The molecule has 0 amide bonds. The summed E-state index contributed by atoms with van der Waals surface area (Å²) >= 11 is 0. The molecule has 0 unspecified atom stereocenters. The number of ether oxygens (including phenoxy) is 15. The van der Waals surface area contributed by atoms with E-state index in [-0.39, 0.29) is 69.5 Å². The fourth-order valence-electron chi connectivity index (χ4n) is 7.91.